The third-order valence-corrected chi connectivity index (χ3v) is 3.70. The average molecular weight is 342 g/mol. The number of para-hydroxylation sites is 1. The van der Waals surface area contributed by atoms with E-state index in [0.717, 1.165) is 5.56 Å². The monoisotopic (exact) mass is 341 g/mol. The number of nitriles is 1. The molecule has 122 valence electrons. The number of carbonyl (C=O) groups is 2. The standard InChI is InChI=1S/C18H16ClN3O2/c1-12-7-8-15(19)9-17(12)22(13(2)23)11-18(24)21-16-6-4-3-5-14(16)10-20/h3-9H,11H2,1-2H3,(H,21,24). The summed E-state index contributed by atoms with van der Waals surface area (Å²) >= 11 is 6.00. The normalized spacial score (nSPS) is 9.92. The number of aryl methyl sites for hydroxylation is 1. The Labute approximate surface area is 145 Å². The molecule has 0 heterocycles. The van der Waals surface area contributed by atoms with Crippen molar-refractivity contribution in [1.29, 1.82) is 5.26 Å². The van der Waals surface area contributed by atoms with Crippen molar-refractivity contribution >= 4 is 34.8 Å². The number of benzene rings is 2. The summed E-state index contributed by atoms with van der Waals surface area (Å²) in [5.74, 6) is -0.670. The second-order valence-corrected chi connectivity index (χ2v) is 5.68. The zero-order chi connectivity index (χ0) is 17.7. The van der Waals surface area contributed by atoms with E-state index in [9.17, 15) is 9.59 Å². The molecule has 2 aromatic rings. The van der Waals surface area contributed by atoms with E-state index in [2.05, 4.69) is 5.32 Å². The number of carbonyl (C=O) groups excluding carboxylic acids is 2. The highest BCUT2D eigenvalue weighted by molar-refractivity contribution is 6.31. The Bertz CT molecular complexity index is 827. The first-order chi connectivity index (χ1) is 11.4. The van der Waals surface area contributed by atoms with E-state index in [1.54, 1.807) is 42.5 Å². The Balaban J connectivity index is 2.22. The van der Waals surface area contributed by atoms with Crippen LogP contribution in [0.15, 0.2) is 42.5 Å². The predicted octanol–water partition coefficient (Wildman–Crippen LogP) is 3.51. The van der Waals surface area contributed by atoms with Crippen molar-refractivity contribution in [1.82, 2.24) is 0 Å². The number of nitrogens with zero attached hydrogens (tertiary/aromatic N) is 2. The molecule has 0 aliphatic heterocycles. The molecule has 24 heavy (non-hydrogen) atoms. The molecule has 6 heteroatoms. The van der Waals surface area contributed by atoms with Gasteiger partial charge in [-0.2, -0.15) is 5.26 Å². The van der Waals surface area contributed by atoms with Crippen molar-refractivity contribution < 1.29 is 9.59 Å². The molecular formula is C18H16ClN3O2. The van der Waals surface area contributed by atoms with Crippen molar-refractivity contribution in [3.05, 3.63) is 58.6 Å². The topological polar surface area (TPSA) is 73.2 Å². The van der Waals surface area contributed by atoms with E-state index < -0.39 is 5.91 Å². The Kier molecular flexibility index (Phi) is 5.56. The van der Waals surface area contributed by atoms with Crippen LogP contribution < -0.4 is 10.2 Å². The molecule has 0 aliphatic rings. The van der Waals surface area contributed by atoms with Gasteiger partial charge in [0.15, 0.2) is 0 Å². The molecule has 0 saturated heterocycles. The molecule has 0 saturated carbocycles. The Morgan fingerprint density at radius 1 is 1.25 bits per heavy atom. The number of amides is 2. The van der Waals surface area contributed by atoms with Gasteiger partial charge in [0.05, 0.1) is 11.3 Å². The second kappa shape index (κ2) is 7.62. The summed E-state index contributed by atoms with van der Waals surface area (Å²) in [6.45, 7) is 3.05. The number of nitrogens with one attached hydrogen (secondary N) is 1. The third-order valence-electron chi connectivity index (χ3n) is 3.47. The third kappa shape index (κ3) is 4.12. The highest BCUT2D eigenvalue weighted by Gasteiger charge is 2.18. The molecule has 2 amide bonds. The number of anilines is 2. The molecule has 2 aromatic carbocycles. The maximum Gasteiger partial charge on any atom is 0.244 e. The first kappa shape index (κ1) is 17.5. The first-order valence-corrected chi connectivity index (χ1v) is 7.63. The van der Waals surface area contributed by atoms with Crippen LogP contribution in [0.4, 0.5) is 11.4 Å². The SMILES string of the molecule is CC(=O)N(CC(=O)Nc1ccccc1C#N)c1cc(Cl)ccc1C. The molecule has 0 aliphatic carbocycles. The number of rotatable bonds is 4. The van der Waals surface area contributed by atoms with Gasteiger partial charge in [0.1, 0.15) is 12.6 Å². The summed E-state index contributed by atoms with van der Waals surface area (Å²) in [4.78, 5) is 25.6. The number of hydrogen-bond donors (Lipinski definition) is 1. The van der Waals surface area contributed by atoms with Gasteiger partial charge >= 0.3 is 0 Å². The molecule has 0 bridgehead atoms. The van der Waals surface area contributed by atoms with E-state index in [-0.39, 0.29) is 12.5 Å². The van der Waals surface area contributed by atoms with Gasteiger partial charge in [-0.25, -0.2) is 0 Å². The Morgan fingerprint density at radius 2 is 1.96 bits per heavy atom. The molecule has 0 atom stereocenters. The van der Waals surface area contributed by atoms with E-state index in [4.69, 9.17) is 16.9 Å². The van der Waals surface area contributed by atoms with Crippen molar-refractivity contribution in [2.24, 2.45) is 0 Å². The predicted molar refractivity (Wildman–Crippen MR) is 94.0 cm³/mol. The van der Waals surface area contributed by atoms with Crippen LogP contribution in [-0.4, -0.2) is 18.4 Å². The molecule has 0 radical (unpaired) electrons. The van der Waals surface area contributed by atoms with E-state index >= 15 is 0 Å². The highest BCUT2D eigenvalue weighted by atomic mass is 35.5. The van der Waals surface area contributed by atoms with Crippen LogP contribution in [0.25, 0.3) is 0 Å². The fraction of sp³-hybridized carbons (Fsp3) is 0.167. The van der Waals surface area contributed by atoms with Gasteiger partial charge in [-0.15, -0.1) is 0 Å². The maximum absolute atomic E-state index is 12.3. The van der Waals surface area contributed by atoms with E-state index in [0.29, 0.717) is 22.0 Å². The quantitative estimate of drug-likeness (QED) is 0.924. The summed E-state index contributed by atoms with van der Waals surface area (Å²) in [7, 11) is 0. The molecule has 0 fully saturated rings. The average Bonchev–Trinajstić information content (AvgIpc) is 2.55. The summed E-state index contributed by atoms with van der Waals surface area (Å²) in [6.07, 6.45) is 0. The van der Waals surface area contributed by atoms with Crippen molar-refractivity contribution in [3.8, 4) is 6.07 Å². The van der Waals surface area contributed by atoms with Crippen LogP contribution in [0.5, 0.6) is 0 Å². The molecule has 0 unspecified atom stereocenters. The molecular weight excluding hydrogens is 326 g/mol. The van der Waals surface area contributed by atoms with Crippen molar-refractivity contribution in [3.63, 3.8) is 0 Å². The number of halogens is 1. The van der Waals surface area contributed by atoms with Gasteiger partial charge in [-0.3, -0.25) is 9.59 Å². The smallest absolute Gasteiger partial charge is 0.244 e. The second-order valence-electron chi connectivity index (χ2n) is 5.24. The number of hydrogen-bond acceptors (Lipinski definition) is 3. The minimum absolute atomic E-state index is 0.170. The lowest BCUT2D eigenvalue weighted by molar-refractivity contribution is -0.120. The first-order valence-electron chi connectivity index (χ1n) is 7.25. The summed E-state index contributed by atoms with van der Waals surface area (Å²) in [5.41, 5.74) is 2.19. The van der Waals surface area contributed by atoms with Crippen molar-refractivity contribution in [2.75, 3.05) is 16.8 Å². The molecule has 0 spiro atoms. The van der Waals surface area contributed by atoms with Gasteiger partial charge in [0.25, 0.3) is 0 Å². The molecule has 1 N–H and O–H groups in total. The van der Waals surface area contributed by atoms with Crippen LogP contribution in [0, 0.1) is 18.3 Å². The fourth-order valence-corrected chi connectivity index (χ4v) is 2.43. The lowest BCUT2D eigenvalue weighted by atomic mass is 10.1. The lowest BCUT2D eigenvalue weighted by Gasteiger charge is -2.23. The summed E-state index contributed by atoms with van der Waals surface area (Å²) in [6, 6.07) is 13.9. The lowest BCUT2D eigenvalue weighted by Crippen LogP contribution is -2.37. The minimum atomic E-state index is -0.396. The highest BCUT2D eigenvalue weighted by Crippen LogP contribution is 2.24. The summed E-state index contributed by atoms with van der Waals surface area (Å²) in [5, 5.41) is 12.2. The van der Waals surface area contributed by atoms with Crippen LogP contribution in [-0.2, 0) is 9.59 Å². The summed E-state index contributed by atoms with van der Waals surface area (Å²) < 4.78 is 0. The maximum atomic E-state index is 12.3. The van der Waals surface area contributed by atoms with Gasteiger partial charge in [-0.1, -0.05) is 29.8 Å². The molecule has 0 aromatic heterocycles. The van der Waals surface area contributed by atoms with Crippen molar-refractivity contribution in [2.45, 2.75) is 13.8 Å². The van der Waals surface area contributed by atoms with Gasteiger partial charge in [0, 0.05) is 17.6 Å². The van der Waals surface area contributed by atoms with Gasteiger partial charge in [0.2, 0.25) is 11.8 Å². The van der Waals surface area contributed by atoms with Crippen LogP contribution in [0.2, 0.25) is 5.02 Å². The molecule has 5 nitrogen and oxygen atoms in total. The van der Waals surface area contributed by atoms with Gasteiger partial charge < -0.3 is 10.2 Å². The van der Waals surface area contributed by atoms with Gasteiger partial charge in [-0.05, 0) is 36.8 Å². The van der Waals surface area contributed by atoms with Crippen LogP contribution >= 0.6 is 11.6 Å². The molecule has 2 rings (SSSR count). The van der Waals surface area contributed by atoms with E-state index in [1.807, 2.05) is 13.0 Å². The zero-order valence-electron chi connectivity index (χ0n) is 13.3. The fourth-order valence-electron chi connectivity index (χ4n) is 2.26. The van der Waals surface area contributed by atoms with Crippen LogP contribution in [0.3, 0.4) is 0 Å². The van der Waals surface area contributed by atoms with Crippen LogP contribution in [0.1, 0.15) is 18.1 Å². The Hall–Kier alpha value is -2.84. The Morgan fingerprint density at radius 3 is 2.62 bits per heavy atom. The largest absolute Gasteiger partial charge is 0.323 e. The zero-order valence-corrected chi connectivity index (χ0v) is 14.1. The van der Waals surface area contributed by atoms with E-state index in [1.165, 1.54) is 11.8 Å². The minimum Gasteiger partial charge on any atom is -0.323 e.